The van der Waals surface area contributed by atoms with E-state index in [2.05, 4.69) is 5.10 Å². The molecule has 7 heteroatoms. The number of hydrogen-bond donors (Lipinski definition) is 1. The molecule has 0 atom stereocenters. The Hall–Kier alpha value is -3.74. The molecule has 0 saturated heterocycles. The van der Waals surface area contributed by atoms with Crippen LogP contribution in [-0.2, 0) is 16.0 Å². The van der Waals surface area contributed by atoms with Crippen LogP contribution >= 0.6 is 0 Å². The fraction of sp³-hybridized carbons (Fsp3) is 0.308. The lowest BCUT2D eigenvalue weighted by atomic mass is 10.0. The molecule has 0 bridgehead atoms. The SMILES string of the molecule is CCCc1[nH]n(-c2ccccc2)c(=O)c1C1=C([n+]2ccc(C)cc2)C(=O)N(CC(C)C)C1=O. The molecule has 0 aliphatic carbocycles. The number of aromatic amines is 1. The number of rotatable bonds is 7. The average molecular weight is 446 g/mol. The molecule has 0 saturated carbocycles. The van der Waals surface area contributed by atoms with Crippen molar-refractivity contribution >= 4 is 23.1 Å². The van der Waals surface area contributed by atoms with Crippen molar-refractivity contribution in [1.29, 1.82) is 0 Å². The van der Waals surface area contributed by atoms with Gasteiger partial charge in [0.25, 0.3) is 17.2 Å². The topological polar surface area (TPSA) is 79.1 Å². The predicted molar refractivity (Wildman–Crippen MR) is 126 cm³/mol. The second-order valence-electron chi connectivity index (χ2n) is 8.81. The molecule has 0 radical (unpaired) electrons. The van der Waals surface area contributed by atoms with Crippen molar-refractivity contribution in [3.8, 4) is 5.69 Å². The predicted octanol–water partition coefficient (Wildman–Crippen LogP) is 3.11. The zero-order valence-electron chi connectivity index (χ0n) is 19.5. The van der Waals surface area contributed by atoms with Crippen molar-refractivity contribution < 1.29 is 14.2 Å². The average Bonchev–Trinajstić information content (AvgIpc) is 3.23. The first-order chi connectivity index (χ1) is 15.8. The molecule has 2 amide bonds. The molecule has 3 heterocycles. The molecule has 1 N–H and O–H groups in total. The second-order valence-corrected chi connectivity index (χ2v) is 8.81. The van der Waals surface area contributed by atoms with Gasteiger partial charge in [0.05, 0.1) is 11.3 Å². The lowest BCUT2D eigenvalue weighted by molar-refractivity contribution is -0.577. The minimum Gasteiger partial charge on any atom is -0.294 e. The third-order valence-electron chi connectivity index (χ3n) is 5.68. The Morgan fingerprint density at radius 1 is 0.970 bits per heavy atom. The van der Waals surface area contributed by atoms with E-state index in [0.29, 0.717) is 17.8 Å². The van der Waals surface area contributed by atoms with Crippen molar-refractivity contribution in [2.24, 2.45) is 5.92 Å². The number of para-hydroxylation sites is 1. The molecule has 2 aromatic heterocycles. The van der Waals surface area contributed by atoms with E-state index in [0.717, 1.165) is 12.0 Å². The number of nitrogens with one attached hydrogen (secondary N) is 1. The van der Waals surface area contributed by atoms with Crippen molar-refractivity contribution in [3.63, 3.8) is 0 Å². The summed E-state index contributed by atoms with van der Waals surface area (Å²) in [7, 11) is 0. The van der Waals surface area contributed by atoms with Crippen LogP contribution in [0.5, 0.6) is 0 Å². The lowest BCUT2D eigenvalue weighted by Crippen LogP contribution is -2.40. The minimum atomic E-state index is -0.426. The van der Waals surface area contributed by atoms with Gasteiger partial charge in [-0.2, -0.15) is 4.57 Å². The zero-order valence-corrected chi connectivity index (χ0v) is 19.5. The number of aryl methyl sites for hydroxylation is 2. The number of hydrogen-bond acceptors (Lipinski definition) is 3. The number of pyridine rings is 1. The van der Waals surface area contributed by atoms with Crippen molar-refractivity contribution in [2.75, 3.05) is 6.54 Å². The molecule has 3 aromatic rings. The van der Waals surface area contributed by atoms with Crippen LogP contribution in [0.3, 0.4) is 0 Å². The third kappa shape index (κ3) is 4.06. The number of imide groups is 1. The second kappa shape index (κ2) is 9.02. The van der Waals surface area contributed by atoms with Crippen molar-refractivity contribution in [2.45, 2.75) is 40.5 Å². The quantitative estimate of drug-likeness (QED) is 0.448. The lowest BCUT2D eigenvalue weighted by Gasteiger charge is -2.16. The van der Waals surface area contributed by atoms with Gasteiger partial charge in [-0.1, -0.05) is 45.4 Å². The highest BCUT2D eigenvalue weighted by molar-refractivity contribution is 6.44. The van der Waals surface area contributed by atoms with Crippen LogP contribution in [0.15, 0.2) is 59.7 Å². The summed E-state index contributed by atoms with van der Waals surface area (Å²) < 4.78 is 3.10. The van der Waals surface area contributed by atoms with Gasteiger partial charge in [0.1, 0.15) is 5.57 Å². The molecule has 1 aliphatic heterocycles. The van der Waals surface area contributed by atoms with Crippen LogP contribution in [0.1, 0.15) is 44.0 Å². The van der Waals surface area contributed by atoms with E-state index in [1.807, 2.05) is 70.2 Å². The van der Waals surface area contributed by atoms with Crippen LogP contribution in [0, 0.1) is 12.8 Å². The normalized spacial score (nSPS) is 14.2. The van der Waals surface area contributed by atoms with Gasteiger partial charge in [0.15, 0.2) is 12.4 Å². The fourth-order valence-electron chi connectivity index (χ4n) is 4.14. The number of amides is 2. The van der Waals surface area contributed by atoms with Crippen LogP contribution in [-0.4, -0.2) is 33.0 Å². The van der Waals surface area contributed by atoms with Gasteiger partial charge in [0.2, 0.25) is 0 Å². The summed E-state index contributed by atoms with van der Waals surface area (Å²) in [6.07, 6.45) is 4.87. The van der Waals surface area contributed by atoms with Crippen LogP contribution < -0.4 is 10.1 Å². The number of carbonyl (C=O) groups is 2. The maximum absolute atomic E-state index is 13.7. The molecule has 1 aromatic carbocycles. The Kier molecular flexibility index (Phi) is 6.14. The number of H-pyrrole nitrogens is 1. The van der Waals surface area contributed by atoms with Gasteiger partial charge < -0.3 is 0 Å². The molecule has 170 valence electrons. The Morgan fingerprint density at radius 2 is 1.64 bits per heavy atom. The van der Waals surface area contributed by atoms with E-state index < -0.39 is 5.91 Å². The molecule has 7 nitrogen and oxygen atoms in total. The number of benzene rings is 1. The maximum Gasteiger partial charge on any atom is 0.326 e. The molecule has 0 spiro atoms. The summed E-state index contributed by atoms with van der Waals surface area (Å²) in [4.78, 5) is 42.0. The van der Waals surface area contributed by atoms with Crippen LogP contribution in [0.25, 0.3) is 17.0 Å². The van der Waals surface area contributed by atoms with E-state index in [-0.39, 0.29) is 40.8 Å². The molecule has 0 fully saturated rings. The fourth-order valence-corrected chi connectivity index (χ4v) is 4.14. The number of aromatic nitrogens is 3. The van der Waals surface area contributed by atoms with Crippen LogP contribution in [0.4, 0.5) is 0 Å². The van der Waals surface area contributed by atoms with Gasteiger partial charge in [-0.25, -0.2) is 4.68 Å². The van der Waals surface area contributed by atoms with Gasteiger partial charge in [-0.05, 0) is 37.0 Å². The third-order valence-corrected chi connectivity index (χ3v) is 5.68. The van der Waals surface area contributed by atoms with Gasteiger partial charge in [0, 0.05) is 24.4 Å². The molecule has 1 aliphatic rings. The highest BCUT2D eigenvalue weighted by atomic mass is 16.2. The van der Waals surface area contributed by atoms with E-state index in [1.165, 1.54) is 9.58 Å². The van der Waals surface area contributed by atoms with Crippen LogP contribution in [0.2, 0.25) is 0 Å². The Morgan fingerprint density at radius 3 is 2.24 bits per heavy atom. The Bertz CT molecular complexity index is 1280. The van der Waals surface area contributed by atoms with Crippen molar-refractivity contribution in [3.05, 3.63) is 82.0 Å². The zero-order chi connectivity index (χ0) is 23.7. The molecular formula is C26H29N4O3+. The number of nitrogens with zero attached hydrogens (tertiary/aromatic N) is 3. The molecule has 0 unspecified atom stereocenters. The largest absolute Gasteiger partial charge is 0.326 e. The van der Waals surface area contributed by atoms with Gasteiger partial charge in [-0.15, -0.1) is 0 Å². The number of carbonyl (C=O) groups excluding carboxylic acids is 2. The summed E-state index contributed by atoms with van der Waals surface area (Å²) >= 11 is 0. The molecule has 33 heavy (non-hydrogen) atoms. The summed E-state index contributed by atoms with van der Waals surface area (Å²) in [5, 5.41) is 3.20. The summed E-state index contributed by atoms with van der Waals surface area (Å²) in [5.41, 5.74) is 2.67. The maximum atomic E-state index is 13.7. The van der Waals surface area contributed by atoms with Gasteiger partial charge in [-0.3, -0.25) is 24.4 Å². The van der Waals surface area contributed by atoms with Crippen molar-refractivity contribution in [1.82, 2.24) is 14.7 Å². The highest BCUT2D eigenvalue weighted by Gasteiger charge is 2.47. The first-order valence-electron chi connectivity index (χ1n) is 11.3. The summed E-state index contributed by atoms with van der Waals surface area (Å²) in [6, 6.07) is 13.0. The van der Waals surface area contributed by atoms with E-state index >= 15 is 0 Å². The first kappa shape index (κ1) is 22.5. The Labute approximate surface area is 193 Å². The first-order valence-corrected chi connectivity index (χ1v) is 11.3. The molecule has 4 rings (SSSR count). The van der Waals surface area contributed by atoms with E-state index in [1.54, 1.807) is 17.0 Å². The monoisotopic (exact) mass is 445 g/mol. The highest BCUT2D eigenvalue weighted by Crippen LogP contribution is 2.31. The summed E-state index contributed by atoms with van der Waals surface area (Å²) in [6.45, 7) is 8.17. The van der Waals surface area contributed by atoms with E-state index in [4.69, 9.17) is 0 Å². The van der Waals surface area contributed by atoms with E-state index in [9.17, 15) is 14.4 Å². The Balaban J connectivity index is 1.99. The molecular weight excluding hydrogens is 416 g/mol. The summed E-state index contributed by atoms with van der Waals surface area (Å²) in [5.74, 6) is -0.707. The minimum absolute atomic E-state index is 0.101. The smallest absolute Gasteiger partial charge is 0.294 e. The van der Waals surface area contributed by atoms with Gasteiger partial charge >= 0.3 is 5.91 Å². The standard InChI is InChI=1S/C26H28N4O3/c1-5-9-20-21(25(32)30(27-20)19-10-7-6-8-11-19)22-23(28-14-12-18(4)13-15-28)26(33)29(24(22)31)16-17(2)3/h6-8,10-15,17H,5,9,16H2,1-4H3/p+1.